The van der Waals surface area contributed by atoms with Gasteiger partial charge in [0.05, 0.1) is 6.54 Å². The van der Waals surface area contributed by atoms with Crippen LogP contribution in [0.15, 0.2) is 18.6 Å². The topological polar surface area (TPSA) is 29.0 Å². The second kappa shape index (κ2) is 5.23. The third-order valence-corrected chi connectivity index (χ3v) is 1.91. The zero-order valence-corrected chi connectivity index (χ0v) is 8.86. The Kier molecular flexibility index (Phi) is 3.93. The molecule has 0 aliphatic heterocycles. The molecular weight excluding hydrogens is 174 g/mol. The lowest BCUT2D eigenvalue weighted by molar-refractivity contribution is 0.716. The van der Waals surface area contributed by atoms with Gasteiger partial charge in [0, 0.05) is 12.2 Å². The quantitative estimate of drug-likeness (QED) is 0.678. The van der Waals surface area contributed by atoms with Crippen LogP contribution >= 0.6 is 0 Å². The second-order valence-electron chi connectivity index (χ2n) is 3.22. The summed E-state index contributed by atoms with van der Waals surface area (Å²) >= 11 is 0. The minimum absolute atomic E-state index is 0.394. The molecule has 0 aliphatic carbocycles. The molecule has 0 atom stereocenters. The van der Waals surface area contributed by atoms with E-state index in [-0.39, 0.29) is 0 Å². The Morgan fingerprint density at radius 3 is 2.79 bits per heavy atom. The summed E-state index contributed by atoms with van der Waals surface area (Å²) in [5.41, 5.74) is 0. The van der Waals surface area contributed by atoms with Gasteiger partial charge in [-0.15, -0.1) is 5.92 Å². The summed E-state index contributed by atoms with van der Waals surface area (Å²) in [4.78, 5) is 10.2. The molecule has 14 heavy (non-hydrogen) atoms. The lowest BCUT2D eigenvalue weighted by atomic mass is 10.3. The fourth-order valence-electron chi connectivity index (χ4n) is 1.15. The van der Waals surface area contributed by atoms with Crippen molar-refractivity contribution in [3.8, 4) is 11.8 Å². The van der Waals surface area contributed by atoms with Crippen LogP contribution in [0.3, 0.4) is 0 Å². The standard InChI is InChI=1S/C11H15N3/c1-4-5-8-14(10(2)3)11-6-7-12-9-13-11/h6-7,9-10H,8H2,1-3H3. The molecule has 0 fully saturated rings. The van der Waals surface area contributed by atoms with Gasteiger partial charge in [-0.1, -0.05) is 5.92 Å². The molecule has 0 bridgehead atoms. The van der Waals surface area contributed by atoms with Crippen molar-refractivity contribution >= 4 is 5.82 Å². The van der Waals surface area contributed by atoms with Crippen LogP contribution in [0.1, 0.15) is 20.8 Å². The van der Waals surface area contributed by atoms with Gasteiger partial charge in [-0.3, -0.25) is 0 Å². The molecule has 0 aliphatic rings. The van der Waals surface area contributed by atoms with Gasteiger partial charge in [-0.05, 0) is 26.8 Å². The van der Waals surface area contributed by atoms with Crippen molar-refractivity contribution in [3.63, 3.8) is 0 Å². The minimum Gasteiger partial charge on any atom is -0.343 e. The Bertz CT molecular complexity index is 321. The number of aromatic nitrogens is 2. The summed E-state index contributed by atoms with van der Waals surface area (Å²) in [5, 5.41) is 0. The maximum Gasteiger partial charge on any atom is 0.132 e. The highest BCUT2D eigenvalue weighted by atomic mass is 15.2. The molecule has 0 aromatic carbocycles. The van der Waals surface area contributed by atoms with Gasteiger partial charge in [0.15, 0.2) is 0 Å². The van der Waals surface area contributed by atoms with E-state index in [2.05, 4.69) is 40.6 Å². The fourth-order valence-corrected chi connectivity index (χ4v) is 1.15. The van der Waals surface area contributed by atoms with Crippen molar-refractivity contribution in [2.45, 2.75) is 26.8 Å². The molecule has 3 heteroatoms. The summed E-state index contributed by atoms with van der Waals surface area (Å²) in [7, 11) is 0. The van der Waals surface area contributed by atoms with Crippen molar-refractivity contribution in [1.82, 2.24) is 9.97 Å². The summed E-state index contributed by atoms with van der Waals surface area (Å²) < 4.78 is 0. The van der Waals surface area contributed by atoms with Crippen LogP contribution in [0, 0.1) is 11.8 Å². The average molecular weight is 189 g/mol. The van der Waals surface area contributed by atoms with E-state index >= 15 is 0 Å². The smallest absolute Gasteiger partial charge is 0.132 e. The van der Waals surface area contributed by atoms with E-state index in [9.17, 15) is 0 Å². The first-order chi connectivity index (χ1) is 6.75. The summed E-state index contributed by atoms with van der Waals surface area (Å²) in [5.74, 6) is 6.86. The predicted octanol–water partition coefficient (Wildman–Crippen LogP) is 1.71. The second-order valence-corrected chi connectivity index (χ2v) is 3.22. The molecule has 3 nitrogen and oxygen atoms in total. The van der Waals surface area contributed by atoms with Gasteiger partial charge in [0.25, 0.3) is 0 Å². The zero-order chi connectivity index (χ0) is 10.4. The van der Waals surface area contributed by atoms with Gasteiger partial charge in [0.2, 0.25) is 0 Å². The first kappa shape index (κ1) is 10.5. The van der Waals surface area contributed by atoms with Crippen molar-refractivity contribution in [2.75, 3.05) is 11.4 Å². The molecule has 0 saturated carbocycles. The maximum atomic E-state index is 4.20. The lowest BCUT2D eigenvalue weighted by Gasteiger charge is -2.25. The fraction of sp³-hybridized carbons (Fsp3) is 0.455. The van der Waals surface area contributed by atoms with Crippen LogP contribution in [-0.4, -0.2) is 22.6 Å². The van der Waals surface area contributed by atoms with Crippen LogP contribution in [-0.2, 0) is 0 Å². The monoisotopic (exact) mass is 189 g/mol. The number of hydrogen-bond acceptors (Lipinski definition) is 3. The van der Waals surface area contributed by atoms with E-state index in [1.807, 2.05) is 13.0 Å². The molecule has 0 saturated heterocycles. The highest BCUT2D eigenvalue weighted by Crippen LogP contribution is 2.10. The Morgan fingerprint density at radius 2 is 2.29 bits per heavy atom. The van der Waals surface area contributed by atoms with E-state index < -0.39 is 0 Å². The third kappa shape index (κ3) is 2.74. The van der Waals surface area contributed by atoms with E-state index in [1.54, 1.807) is 12.5 Å². The first-order valence-electron chi connectivity index (χ1n) is 4.68. The highest BCUT2D eigenvalue weighted by molar-refractivity contribution is 5.39. The molecule has 0 spiro atoms. The van der Waals surface area contributed by atoms with Crippen molar-refractivity contribution in [3.05, 3.63) is 18.6 Å². The molecule has 0 N–H and O–H groups in total. The number of anilines is 1. The Morgan fingerprint density at radius 1 is 1.50 bits per heavy atom. The minimum atomic E-state index is 0.394. The maximum absolute atomic E-state index is 4.20. The van der Waals surface area contributed by atoms with Crippen LogP contribution < -0.4 is 4.90 Å². The van der Waals surface area contributed by atoms with E-state index in [1.165, 1.54) is 0 Å². The highest BCUT2D eigenvalue weighted by Gasteiger charge is 2.09. The van der Waals surface area contributed by atoms with E-state index in [0.717, 1.165) is 5.82 Å². The van der Waals surface area contributed by atoms with Gasteiger partial charge in [-0.2, -0.15) is 0 Å². The van der Waals surface area contributed by atoms with Gasteiger partial charge in [-0.25, -0.2) is 9.97 Å². The largest absolute Gasteiger partial charge is 0.343 e. The molecule has 74 valence electrons. The predicted molar refractivity (Wildman–Crippen MR) is 58.0 cm³/mol. The molecule has 1 heterocycles. The van der Waals surface area contributed by atoms with Crippen LogP contribution in [0.2, 0.25) is 0 Å². The van der Waals surface area contributed by atoms with Crippen molar-refractivity contribution < 1.29 is 0 Å². The first-order valence-corrected chi connectivity index (χ1v) is 4.68. The lowest BCUT2D eigenvalue weighted by Crippen LogP contribution is -2.31. The normalized spacial score (nSPS) is 9.43. The summed E-state index contributed by atoms with van der Waals surface area (Å²) in [6.07, 6.45) is 3.31. The molecule has 0 amide bonds. The van der Waals surface area contributed by atoms with E-state index in [0.29, 0.717) is 12.6 Å². The summed E-state index contributed by atoms with van der Waals surface area (Å²) in [6, 6.07) is 2.29. The molecule has 0 radical (unpaired) electrons. The van der Waals surface area contributed by atoms with Gasteiger partial charge < -0.3 is 4.90 Å². The average Bonchev–Trinajstić information content (AvgIpc) is 2.19. The Hall–Kier alpha value is -1.56. The van der Waals surface area contributed by atoms with Crippen LogP contribution in [0.4, 0.5) is 5.82 Å². The molecule has 1 aromatic heterocycles. The molecule has 1 aromatic rings. The summed E-state index contributed by atoms with van der Waals surface area (Å²) in [6.45, 7) is 6.81. The number of nitrogens with zero attached hydrogens (tertiary/aromatic N) is 3. The number of hydrogen-bond donors (Lipinski definition) is 0. The third-order valence-electron chi connectivity index (χ3n) is 1.91. The van der Waals surface area contributed by atoms with Gasteiger partial charge >= 0.3 is 0 Å². The van der Waals surface area contributed by atoms with Crippen LogP contribution in [0.5, 0.6) is 0 Å². The van der Waals surface area contributed by atoms with Gasteiger partial charge in [0.1, 0.15) is 12.1 Å². The Balaban J connectivity index is 2.81. The van der Waals surface area contributed by atoms with Crippen LogP contribution in [0.25, 0.3) is 0 Å². The SMILES string of the molecule is CC#CCN(c1ccncn1)C(C)C. The zero-order valence-electron chi connectivity index (χ0n) is 8.86. The van der Waals surface area contributed by atoms with Crippen molar-refractivity contribution in [1.29, 1.82) is 0 Å². The van der Waals surface area contributed by atoms with E-state index in [4.69, 9.17) is 0 Å². The molecular formula is C11H15N3. The molecule has 0 unspecified atom stereocenters. The Labute approximate surface area is 85.2 Å². The van der Waals surface area contributed by atoms with Crippen molar-refractivity contribution in [2.24, 2.45) is 0 Å². The number of rotatable bonds is 3. The molecule has 1 rings (SSSR count).